The average Bonchev–Trinajstić information content (AvgIpc) is 2.96. The molecule has 0 radical (unpaired) electrons. The third-order valence-corrected chi connectivity index (χ3v) is 12.8. The van der Waals surface area contributed by atoms with Gasteiger partial charge in [0.1, 0.15) is 11.0 Å². The van der Waals surface area contributed by atoms with Crippen LogP contribution < -0.4 is 9.80 Å². The summed E-state index contributed by atoms with van der Waals surface area (Å²) in [5.41, 5.74) is -0.126. The van der Waals surface area contributed by atoms with Gasteiger partial charge in [-0.3, -0.25) is 9.69 Å². The van der Waals surface area contributed by atoms with Gasteiger partial charge in [-0.1, -0.05) is 46.2 Å². The third kappa shape index (κ3) is 5.14. The van der Waals surface area contributed by atoms with Gasteiger partial charge in [0.25, 0.3) is 0 Å². The Hall–Kier alpha value is -2.10. The number of nitrogens with zero attached hydrogens (tertiary/aromatic N) is 5. The highest BCUT2D eigenvalue weighted by atomic mass is 35.5. The zero-order valence-corrected chi connectivity index (χ0v) is 25.2. The van der Waals surface area contributed by atoms with Gasteiger partial charge >= 0.3 is 0 Å². The summed E-state index contributed by atoms with van der Waals surface area (Å²) in [7, 11) is -2.06. The maximum Gasteiger partial charge on any atom is 0.243 e. The summed E-state index contributed by atoms with van der Waals surface area (Å²) in [6, 6.07) is 1.37. The Morgan fingerprint density at radius 1 is 1.16 bits per heavy atom. The highest BCUT2D eigenvalue weighted by molar-refractivity contribution is 6.74. The monoisotopic (exact) mass is 547 g/mol. The molecule has 2 aromatic rings. The summed E-state index contributed by atoms with van der Waals surface area (Å²) in [4.78, 5) is 30.7. The number of fused-ring (bicyclic) bond motifs is 1. The van der Waals surface area contributed by atoms with E-state index in [9.17, 15) is 4.79 Å². The van der Waals surface area contributed by atoms with Crippen LogP contribution in [0.15, 0.2) is 12.3 Å². The Bertz CT molecular complexity index is 1210. The predicted molar refractivity (Wildman–Crippen MR) is 149 cm³/mol. The molecule has 0 unspecified atom stereocenters. The van der Waals surface area contributed by atoms with E-state index in [0.717, 1.165) is 19.5 Å². The second-order valence-electron chi connectivity index (χ2n) is 12.8. The Morgan fingerprint density at radius 3 is 2.35 bits per heavy atom. The molecule has 0 spiro atoms. The van der Waals surface area contributed by atoms with Crippen LogP contribution >= 0.6 is 11.6 Å². The van der Waals surface area contributed by atoms with E-state index in [1.165, 1.54) is 11.0 Å². The molecule has 0 aromatic carbocycles. The van der Waals surface area contributed by atoms with Gasteiger partial charge in [-0.2, -0.15) is 0 Å². The first-order chi connectivity index (χ1) is 17.0. The Morgan fingerprint density at radius 2 is 1.78 bits per heavy atom. The second-order valence-corrected chi connectivity index (χ2v) is 18.0. The summed E-state index contributed by atoms with van der Waals surface area (Å²) in [5.74, 6) is 1.28. The fourth-order valence-corrected chi connectivity index (χ4v) is 6.36. The van der Waals surface area contributed by atoms with E-state index in [0.29, 0.717) is 40.5 Å². The molecule has 4 rings (SSSR count). The van der Waals surface area contributed by atoms with Gasteiger partial charge in [0, 0.05) is 24.7 Å². The summed E-state index contributed by atoms with van der Waals surface area (Å²) < 4.78 is 21.8. The van der Waals surface area contributed by atoms with Crippen molar-refractivity contribution in [2.24, 2.45) is 11.8 Å². The van der Waals surface area contributed by atoms with E-state index in [4.69, 9.17) is 21.0 Å². The van der Waals surface area contributed by atoms with Crippen molar-refractivity contribution in [1.82, 2.24) is 15.0 Å². The lowest BCUT2D eigenvalue weighted by Crippen LogP contribution is -2.40. The van der Waals surface area contributed by atoms with Crippen molar-refractivity contribution in [1.29, 1.82) is 0 Å². The molecule has 37 heavy (non-hydrogen) atoms. The Balaban J connectivity index is 1.70. The Kier molecular flexibility index (Phi) is 7.22. The number of amides is 1. The Labute approximate surface area is 225 Å². The van der Waals surface area contributed by atoms with Crippen LogP contribution in [0.2, 0.25) is 23.3 Å². The molecule has 0 bridgehead atoms. The van der Waals surface area contributed by atoms with Crippen LogP contribution in [0.5, 0.6) is 0 Å². The van der Waals surface area contributed by atoms with Crippen molar-refractivity contribution in [3.63, 3.8) is 0 Å². The molecule has 1 saturated heterocycles. The summed E-state index contributed by atoms with van der Waals surface area (Å²) >= 11 is 6.63. The smallest absolute Gasteiger partial charge is 0.243 e. The van der Waals surface area contributed by atoms with Crippen LogP contribution in [0, 0.1) is 17.7 Å². The molecule has 0 N–H and O–H groups in total. The number of pyridine rings is 1. The molecular weight excluding hydrogens is 509 g/mol. The molecule has 2 aliphatic heterocycles. The lowest BCUT2D eigenvalue weighted by Gasteiger charge is -2.36. The topological polar surface area (TPSA) is 71.5 Å². The zero-order valence-electron chi connectivity index (χ0n) is 23.4. The van der Waals surface area contributed by atoms with Crippen molar-refractivity contribution in [2.75, 3.05) is 22.9 Å². The van der Waals surface area contributed by atoms with E-state index < -0.39 is 19.5 Å². The molecule has 2 aromatic heterocycles. The van der Waals surface area contributed by atoms with Crippen molar-refractivity contribution >= 4 is 43.1 Å². The quantitative estimate of drug-likeness (QED) is 0.309. The van der Waals surface area contributed by atoms with E-state index in [2.05, 4.69) is 57.7 Å². The molecule has 0 saturated carbocycles. The lowest BCUT2D eigenvalue weighted by atomic mass is 9.88. The van der Waals surface area contributed by atoms with Gasteiger partial charge in [0.05, 0.1) is 23.9 Å². The molecule has 0 aliphatic carbocycles. The number of carbonyl (C=O) groups excluding carboxylic acids is 1. The molecular formula is C27H39ClFN5O2Si. The van der Waals surface area contributed by atoms with Gasteiger partial charge in [0.15, 0.2) is 25.8 Å². The number of piperidine rings is 1. The van der Waals surface area contributed by atoms with Crippen LogP contribution in [-0.4, -0.2) is 42.3 Å². The van der Waals surface area contributed by atoms with Crippen LogP contribution in [-0.2, 0) is 21.2 Å². The number of carbonyl (C=O) groups is 1. The molecule has 202 valence electrons. The van der Waals surface area contributed by atoms with Crippen LogP contribution in [0.3, 0.4) is 0 Å². The second kappa shape index (κ2) is 9.57. The van der Waals surface area contributed by atoms with Gasteiger partial charge in [0.2, 0.25) is 5.91 Å². The number of hydrogen-bond donors (Lipinski definition) is 0. The van der Waals surface area contributed by atoms with E-state index in [1.807, 2.05) is 4.90 Å². The van der Waals surface area contributed by atoms with Crippen molar-refractivity contribution < 1.29 is 13.6 Å². The minimum absolute atomic E-state index is 0.0202. The fourth-order valence-electron chi connectivity index (χ4n) is 5.02. The SMILES string of the molecule is C[C@@H]1C[C@H](C)CN(c2ncc(N3C(=O)C(C)(C)c4c(Cl)nc(CO[Si](C)(C)C(C)(C)C)nc43)cc2F)C1. The number of hydrogen-bond acceptors (Lipinski definition) is 6. The molecule has 2 aliphatic rings. The van der Waals surface area contributed by atoms with Crippen molar-refractivity contribution in [2.45, 2.75) is 85.0 Å². The van der Waals surface area contributed by atoms with E-state index >= 15 is 4.39 Å². The first-order valence-electron chi connectivity index (χ1n) is 13.0. The number of rotatable bonds is 5. The van der Waals surface area contributed by atoms with E-state index in [-0.39, 0.29) is 22.7 Å². The summed E-state index contributed by atoms with van der Waals surface area (Å²) in [5, 5.41) is 0.230. The average molecular weight is 548 g/mol. The predicted octanol–water partition coefficient (Wildman–Crippen LogP) is 6.62. The molecule has 1 amide bonds. The molecule has 10 heteroatoms. The van der Waals surface area contributed by atoms with E-state index in [1.54, 1.807) is 20.0 Å². The molecule has 2 atom stereocenters. The minimum Gasteiger partial charge on any atom is -0.409 e. The highest BCUT2D eigenvalue weighted by Gasteiger charge is 2.48. The lowest BCUT2D eigenvalue weighted by molar-refractivity contribution is -0.121. The van der Waals surface area contributed by atoms with Crippen molar-refractivity contribution in [3.05, 3.63) is 34.6 Å². The van der Waals surface area contributed by atoms with Gasteiger partial charge in [-0.05, 0) is 50.2 Å². The summed E-state index contributed by atoms with van der Waals surface area (Å²) in [6.45, 7) is 20.4. The number of aromatic nitrogens is 3. The minimum atomic E-state index is -2.06. The molecule has 1 fully saturated rings. The van der Waals surface area contributed by atoms with Crippen LogP contribution in [0.4, 0.5) is 21.7 Å². The largest absolute Gasteiger partial charge is 0.409 e. The molecule has 7 nitrogen and oxygen atoms in total. The first-order valence-corrected chi connectivity index (χ1v) is 16.3. The maximum absolute atomic E-state index is 15.4. The number of halogens is 2. The van der Waals surface area contributed by atoms with Gasteiger partial charge < -0.3 is 9.33 Å². The van der Waals surface area contributed by atoms with Crippen LogP contribution in [0.25, 0.3) is 0 Å². The fraction of sp³-hybridized carbons (Fsp3) is 0.630. The first kappa shape index (κ1) is 27.9. The number of anilines is 3. The highest BCUT2D eigenvalue weighted by Crippen LogP contribution is 2.47. The normalized spacial score (nSPS) is 22.0. The van der Waals surface area contributed by atoms with Gasteiger partial charge in [-0.15, -0.1) is 0 Å². The zero-order chi connectivity index (χ0) is 27.5. The van der Waals surface area contributed by atoms with Gasteiger partial charge in [-0.25, -0.2) is 19.3 Å². The standard InChI is InChI=1S/C27H39ClFN5O2Si/c1-16-10-17(2)14-33(13-16)23-19(29)11-18(12-30-23)34-24-21(27(6,7)25(34)35)22(28)31-20(32-24)15-36-37(8,9)26(3,4)5/h11-12,16-17H,10,13-15H2,1-9H3/t16-,17+. The molecule has 4 heterocycles. The third-order valence-electron chi connectivity index (χ3n) is 8.07. The maximum atomic E-state index is 15.4. The van der Waals surface area contributed by atoms with Crippen molar-refractivity contribution in [3.8, 4) is 0 Å². The summed E-state index contributed by atoms with van der Waals surface area (Å²) in [6.07, 6.45) is 2.67. The van der Waals surface area contributed by atoms with Crippen LogP contribution in [0.1, 0.15) is 66.3 Å².